The van der Waals surface area contributed by atoms with Crippen LogP contribution in [0.15, 0.2) is 71.7 Å². The first kappa shape index (κ1) is 24.3. The second-order valence-corrected chi connectivity index (χ2v) is 8.16. The highest BCUT2D eigenvalue weighted by molar-refractivity contribution is 5.91. The number of hydrogen-bond acceptors (Lipinski definition) is 7. The molecule has 0 aliphatic carbocycles. The normalized spacial score (nSPS) is 11.9. The lowest BCUT2D eigenvalue weighted by Gasteiger charge is -2.09. The molecule has 9 nitrogen and oxygen atoms in total. The monoisotopic (exact) mass is 508 g/mol. The number of nitrogens with zero attached hydrogens (tertiary/aromatic N) is 1. The van der Waals surface area contributed by atoms with Crippen molar-refractivity contribution in [1.29, 1.82) is 0 Å². The molecule has 2 aromatic carbocycles. The van der Waals surface area contributed by atoms with Crippen LogP contribution < -0.4 is 15.0 Å². The molecular formula is C29H20N2O7. The first-order chi connectivity index (χ1) is 18.4. The fourth-order valence-electron chi connectivity index (χ4n) is 3.78. The number of ether oxygens (including phenoxy) is 3. The number of carboxylic acids is 1. The first-order valence-electron chi connectivity index (χ1n) is 11.4. The van der Waals surface area contributed by atoms with Gasteiger partial charge >= 0.3 is 11.9 Å². The van der Waals surface area contributed by atoms with Gasteiger partial charge in [0.2, 0.25) is 5.56 Å². The molecule has 0 saturated carbocycles. The molecule has 0 saturated heterocycles. The third-order valence-electron chi connectivity index (χ3n) is 5.69. The van der Waals surface area contributed by atoms with Crippen LogP contribution in [0.5, 0.6) is 23.0 Å². The highest BCUT2D eigenvalue weighted by Crippen LogP contribution is 2.34. The van der Waals surface area contributed by atoms with Crippen LogP contribution in [0.3, 0.4) is 0 Å². The number of H-pyrrole nitrogens is 1. The molecule has 0 amide bonds. The van der Waals surface area contributed by atoms with Gasteiger partial charge in [0.15, 0.2) is 11.5 Å². The molecule has 2 aliphatic rings. The number of benzene rings is 2. The van der Waals surface area contributed by atoms with Crippen molar-refractivity contribution in [3.05, 3.63) is 111 Å². The number of aromatic carboxylic acids is 1. The SMILES string of the molecule is COC(=O)c1ccc2c(c1)Oc1ccc(=O)[nH]c1C=C2.O=C(O)c1ccc2c(c1)Oc1cccnc1C=C2. The van der Waals surface area contributed by atoms with Gasteiger partial charge < -0.3 is 24.3 Å². The summed E-state index contributed by atoms with van der Waals surface area (Å²) in [7, 11) is 1.33. The van der Waals surface area contributed by atoms with E-state index >= 15 is 0 Å². The van der Waals surface area contributed by atoms with Crippen LogP contribution in [0.25, 0.3) is 24.3 Å². The number of esters is 1. The van der Waals surface area contributed by atoms with Crippen LogP contribution in [-0.2, 0) is 4.74 Å². The lowest BCUT2D eigenvalue weighted by molar-refractivity contribution is 0.0599. The molecule has 4 aromatic rings. The Morgan fingerprint density at radius 2 is 1.50 bits per heavy atom. The van der Waals surface area contributed by atoms with Crippen molar-refractivity contribution in [2.45, 2.75) is 0 Å². The Labute approximate surface area is 216 Å². The number of carboxylic acid groups (broad SMARTS) is 1. The Morgan fingerprint density at radius 3 is 2.24 bits per heavy atom. The molecule has 2 aliphatic heterocycles. The number of methoxy groups -OCH3 is 1. The number of carbonyl (C=O) groups excluding carboxylic acids is 1. The van der Waals surface area contributed by atoms with E-state index < -0.39 is 11.9 Å². The summed E-state index contributed by atoms with van der Waals surface area (Å²) >= 11 is 0. The Bertz CT molecular complexity index is 1680. The average Bonchev–Trinajstić information content (AvgIpc) is 3.23. The van der Waals surface area contributed by atoms with E-state index in [2.05, 4.69) is 14.7 Å². The van der Waals surface area contributed by atoms with E-state index in [4.69, 9.17) is 14.6 Å². The van der Waals surface area contributed by atoms with Gasteiger partial charge in [-0.1, -0.05) is 12.1 Å². The number of hydrogen-bond donors (Lipinski definition) is 2. The van der Waals surface area contributed by atoms with Gasteiger partial charge in [0.05, 0.1) is 23.9 Å². The van der Waals surface area contributed by atoms with Crippen LogP contribution in [0.4, 0.5) is 0 Å². The minimum absolute atomic E-state index is 0.196. The van der Waals surface area contributed by atoms with Crippen molar-refractivity contribution in [3.63, 3.8) is 0 Å². The number of fused-ring (bicyclic) bond motifs is 4. The zero-order chi connectivity index (χ0) is 26.6. The molecule has 0 spiro atoms. The van der Waals surface area contributed by atoms with Crippen LogP contribution in [0, 0.1) is 0 Å². The lowest BCUT2D eigenvalue weighted by atomic mass is 10.1. The molecule has 2 aromatic heterocycles. The summed E-state index contributed by atoms with van der Waals surface area (Å²) in [6.07, 6.45) is 8.98. The number of rotatable bonds is 2. The van der Waals surface area contributed by atoms with Crippen molar-refractivity contribution in [2.75, 3.05) is 7.11 Å². The van der Waals surface area contributed by atoms with Gasteiger partial charge in [-0.05, 0) is 66.8 Å². The highest BCUT2D eigenvalue weighted by atomic mass is 16.5. The minimum atomic E-state index is -0.971. The van der Waals surface area contributed by atoms with E-state index in [1.807, 2.05) is 18.2 Å². The predicted octanol–water partition coefficient (Wildman–Crippen LogP) is 5.49. The van der Waals surface area contributed by atoms with Crippen molar-refractivity contribution < 1.29 is 28.9 Å². The number of carbonyl (C=O) groups is 2. The Balaban J connectivity index is 0.000000156. The lowest BCUT2D eigenvalue weighted by Crippen LogP contribution is -2.05. The van der Waals surface area contributed by atoms with Crippen LogP contribution in [0.1, 0.15) is 43.2 Å². The van der Waals surface area contributed by atoms with Crippen LogP contribution in [0.2, 0.25) is 0 Å². The summed E-state index contributed by atoms with van der Waals surface area (Å²) in [5.74, 6) is 0.817. The maximum atomic E-state index is 11.5. The maximum Gasteiger partial charge on any atom is 0.337 e. The summed E-state index contributed by atoms with van der Waals surface area (Å²) in [6, 6.07) is 16.4. The number of aromatic amines is 1. The van der Waals surface area contributed by atoms with Gasteiger partial charge in [0.1, 0.15) is 17.2 Å². The zero-order valence-electron chi connectivity index (χ0n) is 20.0. The highest BCUT2D eigenvalue weighted by Gasteiger charge is 2.15. The molecule has 0 radical (unpaired) electrons. The minimum Gasteiger partial charge on any atom is -0.478 e. The molecule has 0 atom stereocenters. The van der Waals surface area contributed by atoms with E-state index in [0.29, 0.717) is 34.3 Å². The van der Waals surface area contributed by atoms with E-state index in [-0.39, 0.29) is 11.1 Å². The molecule has 0 bridgehead atoms. The quantitative estimate of drug-likeness (QED) is 0.294. The molecule has 2 N–H and O–H groups in total. The Kier molecular flexibility index (Phi) is 6.56. The molecule has 188 valence electrons. The third-order valence-corrected chi connectivity index (χ3v) is 5.69. The second-order valence-electron chi connectivity index (χ2n) is 8.16. The Morgan fingerprint density at radius 1 is 0.816 bits per heavy atom. The van der Waals surface area contributed by atoms with Gasteiger partial charge in [0, 0.05) is 23.4 Å². The van der Waals surface area contributed by atoms with Crippen molar-refractivity contribution in [3.8, 4) is 23.0 Å². The smallest absolute Gasteiger partial charge is 0.337 e. The largest absolute Gasteiger partial charge is 0.478 e. The summed E-state index contributed by atoms with van der Waals surface area (Å²) in [5, 5.41) is 8.97. The molecular weight excluding hydrogens is 488 g/mol. The van der Waals surface area contributed by atoms with Gasteiger partial charge in [-0.25, -0.2) is 9.59 Å². The van der Waals surface area contributed by atoms with Crippen molar-refractivity contribution >= 4 is 36.2 Å². The fourth-order valence-corrected chi connectivity index (χ4v) is 3.78. The molecule has 4 heterocycles. The van der Waals surface area contributed by atoms with Gasteiger partial charge in [-0.3, -0.25) is 9.78 Å². The van der Waals surface area contributed by atoms with Crippen molar-refractivity contribution in [1.82, 2.24) is 9.97 Å². The van der Waals surface area contributed by atoms with Gasteiger partial charge in [-0.15, -0.1) is 0 Å². The predicted molar refractivity (Wildman–Crippen MR) is 140 cm³/mol. The maximum absolute atomic E-state index is 11.5. The molecule has 9 heteroatoms. The number of aromatic nitrogens is 2. The number of pyridine rings is 2. The molecule has 0 fully saturated rings. The van der Waals surface area contributed by atoms with Crippen LogP contribution >= 0.6 is 0 Å². The standard InChI is InChI=1S/C15H11NO4.C14H9NO3/c1-19-15(18)10-3-2-9-4-5-11-12(20-13(9)8-10)6-7-14(17)16-11;16-14(17)10-4-3-9-5-6-11-12(2-1-7-15-11)18-13(9)8-10/h2-8H,1H3,(H,16,17);1-8H,(H,16,17). The number of nitrogens with one attached hydrogen (secondary N) is 1. The summed E-state index contributed by atoms with van der Waals surface area (Å²) < 4.78 is 16.1. The Hall–Kier alpha value is -5.44. The van der Waals surface area contributed by atoms with Crippen molar-refractivity contribution in [2.24, 2.45) is 0 Å². The summed E-state index contributed by atoms with van der Waals surface area (Å²) in [6.45, 7) is 0. The second kappa shape index (κ2) is 10.3. The van der Waals surface area contributed by atoms with Crippen LogP contribution in [-0.4, -0.2) is 34.1 Å². The van der Waals surface area contributed by atoms with Gasteiger partial charge in [-0.2, -0.15) is 0 Å². The molecule has 0 unspecified atom stereocenters. The van der Waals surface area contributed by atoms with E-state index in [1.54, 1.807) is 60.8 Å². The molecule has 38 heavy (non-hydrogen) atoms. The third kappa shape index (κ3) is 5.07. The van der Waals surface area contributed by atoms with E-state index in [9.17, 15) is 14.4 Å². The zero-order valence-corrected chi connectivity index (χ0v) is 20.0. The average molecular weight is 508 g/mol. The summed E-state index contributed by atoms with van der Waals surface area (Å²) in [5.41, 5.74) is 3.38. The molecule has 6 rings (SSSR count). The summed E-state index contributed by atoms with van der Waals surface area (Å²) in [4.78, 5) is 40.7. The van der Waals surface area contributed by atoms with E-state index in [0.717, 1.165) is 16.8 Å². The fraction of sp³-hybridized carbons (Fsp3) is 0.0345. The first-order valence-corrected chi connectivity index (χ1v) is 11.4. The van der Waals surface area contributed by atoms with Gasteiger partial charge in [0.25, 0.3) is 0 Å². The van der Waals surface area contributed by atoms with E-state index in [1.165, 1.54) is 19.2 Å². The topological polar surface area (TPSA) is 128 Å².